The summed E-state index contributed by atoms with van der Waals surface area (Å²) in [6, 6.07) is 7.90. The first-order valence-electron chi connectivity index (χ1n) is 6.91. The van der Waals surface area contributed by atoms with E-state index >= 15 is 0 Å². The number of anilines is 1. The maximum atomic E-state index is 11.7. The van der Waals surface area contributed by atoms with Crippen molar-refractivity contribution in [3.8, 4) is 11.4 Å². The third kappa shape index (κ3) is 2.92. The number of carbonyl (C=O) groups is 1. The highest BCUT2D eigenvalue weighted by Gasteiger charge is 2.28. The number of rotatable bonds is 5. The highest BCUT2D eigenvalue weighted by molar-refractivity contribution is 5.94. The lowest BCUT2D eigenvalue weighted by atomic mass is 10.2. The van der Waals surface area contributed by atoms with E-state index in [9.17, 15) is 4.79 Å². The maximum absolute atomic E-state index is 11.7. The van der Waals surface area contributed by atoms with Gasteiger partial charge in [0.1, 0.15) is 6.10 Å². The van der Waals surface area contributed by atoms with Crippen molar-refractivity contribution in [1.82, 2.24) is 20.2 Å². The fourth-order valence-corrected chi connectivity index (χ4v) is 2.00. The van der Waals surface area contributed by atoms with Crippen molar-refractivity contribution in [1.29, 1.82) is 0 Å². The number of methoxy groups -OCH3 is 1. The number of ether oxygens (including phenoxy) is 1. The van der Waals surface area contributed by atoms with Gasteiger partial charge < -0.3 is 10.1 Å². The van der Waals surface area contributed by atoms with Gasteiger partial charge in [-0.2, -0.15) is 0 Å². The van der Waals surface area contributed by atoms with Gasteiger partial charge in [0.25, 0.3) is 5.91 Å². The van der Waals surface area contributed by atoms with Gasteiger partial charge in [0.05, 0.1) is 6.04 Å². The third-order valence-electron chi connectivity index (χ3n) is 3.52. The van der Waals surface area contributed by atoms with Crippen LogP contribution < -0.4 is 5.32 Å². The van der Waals surface area contributed by atoms with Crippen LogP contribution >= 0.6 is 0 Å². The van der Waals surface area contributed by atoms with E-state index in [0.717, 1.165) is 29.9 Å². The molecule has 1 aromatic carbocycles. The van der Waals surface area contributed by atoms with Crippen LogP contribution in [0.5, 0.6) is 0 Å². The molecule has 3 rings (SSSR count). The summed E-state index contributed by atoms with van der Waals surface area (Å²) in [5, 5.41) is 14.6. The van der Waals surface area contributed by atoms with E-state index in [4.69, 9.17) is 4.74 Å². The summed E-state index contributed by atoms with van der Waals surface area (Å²) in [5.74, 6) is 0.591. The van der Waals surface area contributed by atoms with Gasteiger partial charge in [-0.15, -0.1) is 5.10 Å². The predicted octanol–water partition coefficient (Wildman–Crippen LogP) is 1.65. The highest BCUT2D eigenvalue weighted by atomic mass is 16.5. The normalized spacial score (nSPS) is 15.7. The van der Waals surface area contributed by atoms with Crippen molar-refractivity contribution in [2.24, 2.45) is 0 Å². The van der Waals surface area contributed by atoms with E-state index in [1.807, 2.05) is 28.9 Å². The molecule has 1 fully saturated rings. The second-order valence-electron chi connectivity index (χ2n) is 5.12. The van der Waals surface area contributed by atoms with Gasteiger partial charge in [0.15, 0.2) is 5.82 Å². The Morgan fingerprint density at radius 3 is 2.71 bits per heavy atom. The van der Waals surface area contributed by atoms with E-state index in [-0.39, 0.29) is 5.91 Å². The number of tetrazole rings is 1. The first kappa shape index (κ1) is 13.7. The molecular formula is C14H17N5O2. The van der Waals surface area contributed by atoms with Crippen LogP contribution in [0.1, 0.15) is 25.8 Å². The molecule has 1 N–H and O–H groups in total. The summed E-state index contributed by atoms with van der Waals surface area (Å²) < 4.78 is 6.84. The summed E-state index contributed by atoms with van der Waals surface area (Å²) in [4.78, 5) is 11.7. The lowest BCUT2D eigenvalue weighted by molar-refractivity contribution is -0.124. The molecule has 1 atom stereocenters. The molecule has 1 aliphatic carbocycles. The number of nitrogens with zero attached hydrogens (tertiary/aromatic N) is 4. The summed E-state index contributed by atoms with van der Waals surface area (Å²) in [6.07, 6.45) is 1.77. The minimum absolute atomic E-state index is 0.173. The molecule has 1 heterocycles. The molecule has 2 aromatic rings. The fourth-order valence-electron chi connectivity index (χ4n) is 2.00. The number of hydrogen-bond acceptors (Lipinski definition) is 5. The monoisotopic (exact) mass is 287 g/mol. The molecule has 1 aliphatic rings. The van der Waals surface area contributed by atoms with Gasteiger partial charge in [-0.05, 0) is 54.5 Å². The molecule has 0 bridgehead atoms. The standard InChI is InChI=1S/C14H17N5O2/c1-9(21-2)14(20)15-11-5-3-10(4-6-11)13-16-17-18-19(13)12-7-8-12/h3-6,9,12H,7-8H2,1-2H3,(H,15,20). The van der Waals surface area contributed by atoms with Crippen LogP contribution in [0.3, 0.4) is 0 Å². The molecule has 7 nitrogen and oxygen atoms in total. The van der Waals surface area contributed by atoms with Gasteiger partial charge in [0, 0.05) is 18.4 Å². The molecule has 0 spiro atoms. The average Bonchev–Trinajstić information content (AvgIpc) is 3.24. The largest absolute Gasteiger partial charge is 0.372 e. The lowest BCUT2D eigenvalue weighted by Crippen LogP contribution is -2.26. The molecule has 0 saturated heterocycles. The Morgan fingerprint density at radius 2 is 2.10 bits per heavy atom. The van der Waals surface area contributed by atoms with Gasteiger partial charge >= 0.3 is 0 Å². The smallest absolute Gasteiger partial charge is 0.253 e. The predicted molar refractivity (Wildman–Crippen MR) is 76.6 cm³/mol. The number of amides is 1. The zero-order valence-corrected chi connectivity index (χ0v) is 12.0. The Balaban J connectivity index is 1.75. The number of nitrogens with one attached hydrogen (secondary N) is 1. The Morgan fingerprint density at radius 1 is 1.38 bits per heavy atom. The van der Waals surface area contributed by atoms with Crippen LogP contribution in [0, 0.1) is 0 Å². The Bertz CT molecular complexity index is 633. The molecule has 1 saturated carbocycles. The summed E-state index contributed by atoms with van der Waals surface area (Å²) in [7, 11) is 1.51. The first-order chi connectivity index (χ1) is 10.2. The molecule has 1 amide bonds. The van der Waals surface area contributed by atoms with Crippen molar-refractivity contribution in [3.05, 3.63) is 24.3 Å². The SMILES string of the molecule is COC(C)C(=O)Nc1ccc(-c2nnnn2C2CC2)cc1. The molecule has 1 aromatic heterocycles. The summed E-state index contributed by atoms with van der Waals surface area (Å²) in [6.45, 7) is 1.70. The minimum Gasteiger partial charge on any atom is -0.372 e. The first-order valence-corrected chi connectivity index (χ1v) is 6.91. The second-order valence-corrected chi connectivity index (χ2v) is 5.12. The second kappa shape index (κ2) is 5.61. The van der Waals surface area contributed by atoms with Crippen molar-refractivity contribution >= 4 is 11.6 Å². The van der Waals surface area contributed by atoms with E-state index in [2.05, 4.69) is 20.8 Å². The number of benzene rings is 1. The fraction of sp³-hybridized carbons (Fsp3) is 0.429. The third-order valence-corrected chi connectivity index (χ3v) is 3.52. The van der Waals surface area contributed by atoms with Crippen LogP contribution in [-0.4, -0.2) is 39.3 Å². The van der Waals surface area contributed by atoms with Gasteiger partial charge in [-0.1, -0.05) is 0 Å². The summed E-state index contributed by atoms with van der Waals surface area (Å²) in [5.41, 5.74) is 1.66. The van der Waals surface area contributed by atoms with E-state index in [1.54, 1.807) is 6.92 Å². The number of carbonyl (C=O) groups excluding carboxylic acids is 1. The van der Waals surface area contributed by atoms with E-state index < -0.39 is 6.10 Å². The molecular weight excluding hydrogens is 270 g/mol. The van der Waals surface area contributed by atoms with Crippen molar-refractivity contribution in [2.75, 3.05) is 12.4 Å². The zero-order chi connectivity index (χ0) is 14.8. The van der Waals surface area contributed by atoms with Gasteiger partial charge in [0.2, 0.25) is 0 Å². The van der Waals surface area contributed by atoms with Crippen LogP contribution in [0.2, 0.25) is 0 Å². The highest BCUT2D eigenvalue weighted by Crippen LogP contribution is 2.36. The van der Waals surface area contributed by atoms with Crippen LogP contribution in [0.25, 0.3) is 11.4 Å². The van der Waals surface area contributed by atoms with Gasteiger partial charge in [-0.25, -0.2) is 4.68 Å². The molecule has 0 radical (unpaired) electrons. The molecule has 110 valence electrons. The van der Waals surface area contributed by atoms with Crippen molar-refractivity contribution in [3.63, 3.8) is 0 Å². The number of aromatic nitrogens is 4. The molecule has 21 heavy (non-hydrogen) atoms. The Kier molecular flexibility index (Phi) is 3.66. The van der Waals surface area contributed by atoms with E-state index in [0.29, 0.717) is 6.04 Å². The summed E-state index contributed by atoms with van der Waals surface area (Å²) >= 11 is 0. The van der Waals surface area contributed by atoms with Gasteiger partial charge in [-0.3, -0.25) is 4.79 Å². The van der Waals surface area contributed by atoms with Crippen LogP contribution in [0.4, 0.5) is 5.69 Å². The lowest BCUT2D eigenvalue weighted by Gasteiger charge is -2.10. The number of hydrogen-bond donors (Lipinski definition) is 1. The molecule has 1 unspecified atom stereocenters. The van der Waals surface area contributed by atoms with Crippen LogP contribution in [0.15, 0.2) is 24.3 Å². The zero-order valence-electron chi connectivity index (χ0n) is 12.0. The minimum atomic E-state index is -0.480. The topological polar surface area (TPSA) is 81.9 Å². The molecule has 7 heteroatoms. The van der Waals surface area contributed by atoms with E-state index in [1.165, 1.54) is 7.11 Å². The van der Waals surface area contributed by atoms with Crippen molar-refractivity contribution < 1.29 is 9.53 Å². The average molecular weight is 287 g/mol. The Hall–Kier alpha value is -2.28. The van der Waals surface area contributed by atoms with Crippen LogP contribution in [-0.2, 0) is 9.53 Å². The molecule has 0 aliphatic heterocycles. The quantitative estimate of drug-likeness (QED) is 0.904. The Labute approximate surface area is 122 Å². The van der Waals surface area contributed by atoms with Crippen molar-refractivity contribution in [2.45, 2.75) is 31.9 Å². The maximum Gasteiger partial charge on any atom is 0.253 e.